The first-order valence-corrected chi connectivity index (χ1v) is 7.11. The van der Waals surface area contributed by atoms with E-state index in [9.17, 15) is 9.90 Å². The van der Waals surface area contributed by atoms with Gasteiger partial charge in [-0.1, -0.05) is 28.1 Å². The molecule has 3 atom stereocenters. The summed E-state index contributed by atoms with van der Waals surface area (Å²) >= 11 is 3.42. The first-order chi connectivity index (χ1) is 8.58. The molecule has 0 bridgehead atoms. The first kappa shape index (κ1) is 13.6. The summed E-state index contributed by atoms with van der Waals surface area (Å²) in [6.07, 6.45) is 1.99. The van der Waals surface area contributed by atoms with E-state index in [4.69, 9.17) is 0 Å². The van der Waals surface area contributed by atoms with E-state index in [1.165, 1.54) is 0 Å². The third-order valence-corrected chi connectivity index (χ3v) is 4.02. The molecule has 0 heterocycles. The van der Waals surface area contributed by atoms with E-state index in [0.29, 0.717) is 0 Å². The molecule has 1 saturated carbocycles. The third kappa shape index (κ3) is 3.12. The largest absolute Gasteiger partial charge is 0.392 e. The van der Waals surface area contributed by atoms with Gasteiger partial charge in [-0.3, -0.25) is 4.79 Å². The lowest BCUT2D eigenvalue weighted by Crippen LogP contribution is -2.36. The van der Waals surface area contributed by atoms with Gasteiger partial charge >= 0.3 is 0 Å². The number of nitrogens with one attached hydrogen (secondary N) is 1. The van der Waals surface area contributed by atoms with Crippen molar-refractivity contribution < 1.29 is 9.90 Å². The van der Waals surface area contributed by atoms with Crippen LogP contribution in [0.15, 0.2) is 28.7 Å². The van der Waals surface area contributed by atoms with Gasteiger partial charge in [0.2, 0.25) is 5.91 Å². The minimum atomic E-state index is -0.472. The highest BCUT2D eigenvalue weighted by atomic mass is 79.9. The molecule has 1 aromatic carbocycles. The molecule has 0 spiro atoms. The van der Waals surface area contributed by atoms with Crippen molar-refractivity contribution in [3.63, 3.8) is 0 Å². The van der Waals surface area contributed by atoms with Crippen molar-refractivity contribution in [1.29, 1.82) is 0 Å². The number of rotatable bonds is 3. The molecule has 3 unspecified atom stereocenters. The predicted molar refractivity (Wildman–Crippen MR) is 74.0 cm³/mol. The van der Waals surface area contributed by atoms with Gasteiger partial charge in [0.25, 0.3) is 0 Å². The topological polar surface area (TPSA) is 49.3 Å². The van der Waals surface area contributed by atoms with Gasteiger partial charge in [-0.2, -0.15) is 0 Å². The molecular formula is C14H18BrNO2. The van der Waals surface area contributed by atoms with E-state index >= 15 is 0 Å². The summed E-state index contributed by atoms with van der Waals surface area (Å²) < 4.78 is 1.00. The maximum Gasteiger partial charge on any atom is 0.226 e. The van der Waals surface area contributed by atoms with Gasteiger partial charge in [0.1, 0.15) is 0 Å². The van der Waals surface area contributed by atoms with Crippen LogP contribution in [0.25, 0.3) is 0 Å². The van der Waals surface area contributed by atoms with Gasteiger partial charge in [0.15, 0.2) is 0 Å². The Hall–Kier alpha value is -0.870. The lowest BCUT2D eigenvalue weighted by molar-refractivity contribution is -0.128. The Balaban J connectivity index is 1.98. The molecule has 1 aliphatic rings. The third-order valence-electron chi connectivity index (χ3n) is 3.52. The Morgan fingerprint density at radius 1 is 1.50 bits per heavy atom. The van der Waals surface area contributed by atoms with Gasteiger partial charge in [-0.15, -0.1) is 0 Å². The summed E-state index contributed by atoms with van der Waals surface area (Å²) in [7, 11) is 0. The van der Waals surface area contributed by atoms with Gasteiger partial charge < -0.3 is 10.4 Å². The Kier molecular flexibility index (Phi) is 4.40. The normalized spacial score (nSPS) is 24.8. The number of hydrogen-bond acceptors (Lipinski definition) is 2. The maximum absolute atomic E-state index is 12.0. The summed E-state index contributed by atoms with van der Waals surface area (Å²) in [4.78, 5) is 12.0. The predicted octanol–water partition coefficient (Wildman–Crippen LogP) is 2.79. The van der Waals surface area contributed by atoms with E-state index in [1.54, 1.807) is 0 Å². The number of hydrogen-bond donors (Lipinski definition) is 2. The van der Waals surface area contributed by atoms with Crippen LogP contribution in [0, 0.1) is 5.92 Å². The average Bonchev–Trinajstić information content (AvgIpc) is 2.75. The van der Waals surface area contributed by atoms with Crippen molar-refractivity contribution in [2.45, 2.75) is 38.3 Å². The van der Waals surface area contributed by atoms with Crippen molar-refractivity contribution in [3.05, 3.63) is 34.3 Å². The fourth-order valence-electron chi connectivity index (χ4n) is 2.43. The van der Waals surface area contributed by atoms with Crippen molar-refractivity contribution in [1.82, 2.24) is 5.32 Å². The van der Waals surface area contributed by atoms with Gasteiger partial charge in [-0.25, -0.2) is 0 Å². The summed E-state index contributed by atoms with van der Waals surface area (Å²) in [5.74, 6) is -0.271. The molecule has 2 N–H and O–H groups in total. The van der Waals surface area contributed by atoms with E-state index in [1.807, 2.05) is 31.2 Å². The quantitative estimate of drug-likeness (QED) is 0.902. The van der Waals surface area contributed by atoms with E-state index < -0.39 is 6.10 Å². The standard InChI is InChI=1S/C14H18BrNO2/c1-9(10-4-2-5-11(15)8-10)16-14(18)12-6-3-7-13(12)17/h2,4-5,8-9,12-13,17H,3,6-7H2,1H3,(H,16,18). The number of halogens is 1. The van der Waals surface area contributed by atoms with Crippen LogP contribution in [-0.2, 0) is 4.79 Å². The molecule has 98 valence electrons. The van der Waals surface area contributed by atoms with Gasteiger partial charge in [-0.05, 0) is 43.9 Å². The van der Waals surface area contributed by atoms with Crippen LogP contribution >= 0.6 is 15.9 Å². The SMILES string of the molecule is CC(NC(=O)C1CCCC1O)c1cccc(Br)c1. The van der Waals surface area contributed by atoms with Crippen molar-refractivity contribution in [2.75, 3.05) is 0 Å². The van der Waals surface area contributed by atoms with Gasteiger partial charge in [0, 0.05) is 4.47 Å². The van der Waals surface area contributed by atoms with Crippen LogP contribution in [0.3, 0.4) is 0 Å². The number of amides is 1. The number of aliphatic hydroxyl groups excluding tert-OH is 1. The lowest BCUT2D eigenvalue weighted by Gasteiger charge is -2.19. The summed E-state index contributed by atoms with van der Waals surface area (Å²) in [5.41, 5.74) is 1.06. The monoisotopic (exact) mass is 311 g/mol. The smallest absolute Gasteiger partial charge is 0.226 e. The molecule has 0 saturated heterocycles. The number of benzene rings is 1. The first-order valence-electron chi connectivity index (χ1n) is 6.32. The number of carbonyl (C=O) groups excluding carboxylic acids is 1. The average molecular weight is 312 g/mol. The minimum Gasteiger partial charge on any atom is -0.392 e. The minimum absolute atomic E-state index is 0.0347. The van der Waals surface area contributed by atoms with Crippen LogP contribution in [0.1, 0.15) is 37.8 Å². The number of carbonyl (C=O) groups is 1. The van der Waals surface area contributed by atoms with Gasteiger partial charge in [0.05, 0.1) is 18.1 Å². The molecule has 0 aliphatic heterocycles. The fourth-order valence-corrected chi connectivity index (χ4v) is 2.84. The zero-order valence-electron chi connectivity index (χ0n) is 10.4. The Morgan fingerprint density at radius 3 is 2.89 bits per heavy atom. The molecule has 0 aromatic heterocycles. The Labute approximate surface area is 116 Å². The second kappa shape index (κ2) is 5.85. The second-order valence-electron chi connectivity index (χ2n) is 4.89. The highest BCUT2D eigenvalue weighted by molar-refractivity contribution is 9.10. The molecule has 1 amide bonds. The summed E-state index contributed by atoms with van der Waals surface area (Å²) in [5, 5.41) is 12.7. The molecule has 1 fully saturated rings. The van der Waals surface area contributed by atoms with Crippen LogP contribution in [0.5, 0.6) is 0 Å². The molecule has 0 radical (unpaired) electrons. The van der Waals surface area contributed by atoms with Crippen LogP contribution in [0.2, 0.25) is 0 Å². The highest BCUT2D eigenvalue weighted by Gasteiger charge is 2.31. The molecule has 18 heavy (non-hydrogen) atoms. The Bertz CT molecular complexity index is 436. The Morgan fingerprint density at radius 2 is 2.28 bits per heavy atom. The lowest BCUT2D eigenvalue weighted by atomic mass is 10.0. The summed E-state index contributed by atoms with van der Waals surface area (Å²) in [6.45, 7) is 1.96. The molecule has 1 aromatic rings. The van der Waals surface area contributed by atoms with E-state index in [0.717, 1.165) is 29.3 Å². The van der Waals surface area contributed by atoms with Crippen LogP contribution < -0.4 is 5.32 Å². The zero-order valence-corrected chi connectivity index (χ0v) is 12.0. The maximum atomic E-state index is 12.0. The van der Waals surface area contributed by atoms with Crippen molar-refractivity contribution >= 4 is 21.8 Å². The van der Waals surface area contributed by atoms with Crippen molar-refractivity contribution in [3.8, 4) is 0 Å². The molecule has 4 heteroatoms. The molecule has 2 rings (SSSR count). The van der Waals surface area contributed by atoms with Crippen LogP contribution in [-0.4, -0.2) is 17.1 Å². The highest BCUT2D eigenvalue weighted by Crippen LogP contribution is 2.26. The molecule has 3 nitrogen and oxygen atoms in total. The van der Waals surface area contributed by atoms with E-state index in [-0.39, 0.29) is 17.9 Å². The fraction of sp³-hybridized carbons (Fsp3) is 0.500. The molecular weight excluding hydrogens is 294 g/mol. The molecule has 1 aliphatic carbocycles. The van der Waals surface area contributed by atoms with E-state index in [2.05, 4.69) is 21.2 Å². The summed E-state index contributed by atoms with van der Waals surface area (Å²) in [6, 6.07) is 7.85. The van der Waals surface area contributed by atoms with Crippen LogP contribution in [0.4, 0.5) is 0 Å². The second-order valence-corrected chi connectivity index (χ2v) is 5.81. The number of aliphatic hydroxyl groups is 1. The van der Waals surface area contributed by atoms with Crippen molar-refractivity contribution in [2.24, 2.45) is 5.92 Å². The zero-order chi connectivity index (χ0) is 13.1.